The van der Waals surface area contributed by atoms with Crippen LogP contribution in [0.4, 0.5) is 0 Å². The van der Waals surface area contributed by atoms with Crippen molar-refractivity contribution in [3.63, 3.8) is 0 Å². The maximum Gasteiger partial charge on any atom is 0.167 e. The summed E-state index contributed by atoms with van der Waals surface area (Å²) in [5.74, 6) is 1.74. The zero-order valence-corrected chi connectivity index (χ0v) is 30.3. The van der Waals surface area contributed by atoms with Gasteiger partial charge in [-0.05, 0) is 48.5 Å². The van der Waals surface area contributed by atoms with Gasteiger partial charge in [-0.1, -0.05) is 127 Å². The minimum Gasteiger partial charge on any atom is -0.455 e. The van der Waals surface area contributed by atoms with Crippen molar-refractivity contribution in [3.05, 3.63) is 176 Å². The van der Waals surface area contributed by atoms with Crippen molar-refractivity contribution < 1.29 is 4.42 Å². The molecule has 0 aliphatic heterocycles. The molecule has 0 unspecified atom stereocenters. The monoisotopic (exact) mass is 731 g/mol. The molecule has 0 bridgehead atoms. The number of hydrogen-bond donors (Lipinski definition) is 0. The normalized spacial score (nSPS) is 11.9. The average Bonchev–Trinajstić information content (AvgIpc) is 3.93. The summed E-state index contributed by atoms with van der Waals surface area (Å²) in [6.45, 7) is 0. The summed E-state index contributed by atoms with van der Waals surface area (Å²) in [7, 11) is 0. The quantitative estimate of drug-likeness (QED) is 0.175. The third kappa shape index (κ3) is 4.84. The van der Waals surface area contributed by atoms with Crippen molar-refractivity contribution in [1.82, 2.24) is 34.1 Å². The van der Waals surface area contributed by atoms with Crippen LogP contribution in [-0.2, 0) is 0 Å². The molecule has 8 nitrogen and oxygen atoms in total. The number of rotatable bonds is 5. The molecule has 0 saturated carbocycles. The van der Waals surface area contributed by atoms with Crippen LogP contribution in [0.25, 0.3) is 112 Å². The Bertz CT molecular complexity index is 3460. The molecule has 7 aromatic carbocycles. The molecule has 0 radical (unpaired) electrons. The molecule has 0 aliphatic rings. The van der Waals surface area contributed by atoms with Crippen molar-refractivity contribution in [2.24, 2.45) is 0 Å². The number of hydrogen-bond acceptors (Lipinski definition) is 6. The van der Waals surface area contributed by atoms with Crippen molar-refractivity contribution in [2.45, 2.75) is 0 Å². The Morgan fingerprint density at radius 3 is 1.53 bits per heavy atom. The van der Waals surface area contributed by atoms with Crippen molar-refractivity contribution in [1.29, 1.82) is 0 Å². The summed E-state index contributed by atoms with van der Waals surface area (Å²) >= 11 is 0. The maximum atomic E-state index is 6.69. The Hall–Kier alpha value is -7.97. The zero-order chi connectivity index (χ0) is 37.5. The highest BCUT2D eigenvalue weighted by Crippen LogP contribution is 2.39. The predicted molar refractivity (Wildman–Crippen MR) is 228 cm³/mol. The van der Waals surface area contributed by atoms with Crippen LogP contribution in [0.3, 0.4) is 0 Å². The van der Waals surface area contributed by atoms with Gasteiger partial charge in [0.05, 0.1) is 16.6 Å². The molecule has 0 N–H and O–H groups in total. The van der Waals surface area contributed by atoms with Gasteiger partial charge >= 0.3 is 0 Å². The van der Waals surface area contributed by atoms with Crippen LogP contribution in [0, 0.1) is 0 Å². The summed E-state index contributed by atoms with van der Waals surface area (Å²) in [5, 5.41) is 4.04. The Kier molecular flexibility index (Phi) is 6.76. The lowest BCUT2D eigenvalue weighted by Crippen LogP contribution is -2.00. The molecule has 57 heavy (non-hydrogen) atoms. The fourth-order valence-corrected chi connectivity index (χ4v) is 8.19. The van der Waals surface area contributed by atoms with E-state index in [9.17, 15) is 0 Å². The van der Waals surface area contributed by atoms with Gasteiger partial charge in [0.2, 0.25) is 0 Å². The lowest BCUT2D eigenvalue weighted by molar-refractivity contribution is 0.669. The van der Waals surface area contributed by atoms with E-state index >= 15 is 0 Å². The molecule has 0 atom stereocenters. The molecule has 12 rings (SSSR count). The molecular formula is C49H29N7O. The summed E-state index contributed by atoms with van der Waals surface area (Å²) < 4.78 is 11.1. The van der Waals surface area contributed by atoms with Gasteiger partial charge in [-0.3, -0.25) is 9.13 Å². The Balaban J connectivity index is 1.08. The van der Waals surface area contributed by atoms with E-state index in [2.05, 4.69) is 100 Å². The highest BCUT2D eigenvalue weighted by Gasteiger charge is 2.22. The van der Waals surface area contributed by atoms with E-state index in [0.29, 0.717) is 23.1 Å². The van der Waals surface area contributed by atoms with Crippen molar-refractivity contribution >= 4 is 66.1 Å². The molecule has 0 saturated heterocycles. The first-order valence-corrected chi connectivity index (χ1v) is 18.9. The Morgan fingerprint density at radius 2 is 0.895 bits per heavy atom. The predicted octanol–water partition coefficient (Wildman–Crippen LogP) is 11.8. The van der Waals surface area contributed by atoms with E-state index in [-0.39, 0.29) is 0 Å². The second-order valence-corrected chi connectivity index (χ2v) is 14.1. The minimum absolute atomic E-state index is 0.545. The SMILES string of the molecule is c1ccc(-c2nc(-c3ccccc3)nc(-c3cccc4c3oc3ccc(-n5c6ccccc6c6nc7c8ccccc8n(-c8ccccc8)c7nc65)cc34)n2)cc1. The molecule has 12 aromatic rings. The molecule has 5 aromatic heterocycles. The Morgan fingerprint density at radius 1 is 0.368 bits per heavy atom. The largest absolute Gasteiger partial charge is 0.455 e. The van der Waals surface area contributed by atoms with Gasteiger partial charge < -0.3 is 4.42 Å². The fraction of sp³-hybridized carbons (Fsp3) is 0. The van der Waals surface area contributed by atoms with Crippen LogP contribution in [0.2, 0.25) is 0 Å². The summed E-state index contributed by atoms with van der Waals surface area (Å²) in [6, 6.07) is 59.7. The van der Waals surface area contributed by atoms with E-state index in [1.54, 1.807) is 0 Å². The smallest absolute Gasteiger partial charge is 0.167 e. The number of furan rings is 1. The molecule has 8 heteroatoms. The van der Waals surface area contributed by atoms with Gasteiger partial charge in [0, 0.05) is 44.0 Å². The zero-order valence-electron chi connectivity index (χ0n) is 30.3. The molecular weight excluding hydrogens is 703 g/mol. The van der Waals surface area contributed by atoms with Gasteiger partial charge in [0.25, 0.3) is 0 Å². The number of para-hydroxylation sites is 4. The number of aromatic nitrogens is 7. The van der Waals surface area contributed by atoms with Gasteiger partial charge in [-0.15, -0.1) is 0 Å². The standard InChI is InChI=1S/C49H29N7O/c1-4-15-30(16-5-1)45-51-46(31-17-6-2-7-18-31)53-47(52-45)37-24-14-23-34-38-29-33(27-28-41(38)57-44(34)37)56-40-26-13-11-22-36(40)43-49(56)54-48-42(50-43)35-21-10-12-25-39(35)55(48)32-19-8-3-9-20-32/h1-29H. The van der Waals surface area contributed by atoms with Crippen LogP contribution in [-0.4, -0.2) is 34.1 Å². The summed E-state index contributed by atoms with van der Waals surface area (Å²) in [5.41, 5.74) is 11.5. The highest BCUT2D eigenvalue weighted by molar-refractivity contribution is 6.14. The molecule has 0 amide bonds. The van der Waals surface area contributed by atoms with Gasteiger partial charge in [-0.2, -0.15) is 0 Å². The van der Waals surface area contributed by atoms with E-state index < -0.39 is 0 Å². The number of nitrogens with zero attached hydrogens (tertiary/aromatic N) is 7. The van der Waals surface area contributed by atoms with Gasteiger partial charge in [-0.25, -0.2) is 24.9 Å². The Labute approximate surface area is 325 Å². The van der Waals surface area contributed by atoms with Crippen LogP contribution in [0.1, 0.15) is 0 Å². The lowest BCUT2D eigenvalue weighted by atomic mass is 10.1. The van der Waals surface area contributed by atoms with Gasteiger partial charge in [0.15, 0.2) is 28.8 Å². The third-order valence-electron chi connectivity index (χ3n) is 10.8. The molecule has 0 fully saturated rings. The first-order chi connectivity index (χ1) is 28.3. The second kappa shape index (κ2) is 12.3. The molecule has 0 aliphatic carbocycles. The van der Waals surface area contributed by atoms with E-state index in [4.69, 9.17) is 29.3 Å². The van der Waals surface area contributed by atoms with Crippen molar-refractivity contribution in [3.8, 4) is 45.5 Å². The summed E-state index contributed by atoms with van der Waals surface area (Å²) in [6.07, 6.45) is 0. The van der Waals surface area contributed by atoms with Crippen molar-refractivity contribution in [2.75, 3.05) is 0 Å². The topological polar surface area (TPSA) is 87.5 Å². The first-order valence-electron chi connectivity index (χ1n) is 18.9. The van der Waals surface area contributed by atoms with E-state index in [1.165, 1.54) is 0 Å². The van der Waals surface area contributed by atoms with Crippen LogP contribution < -0.4 is 0 Å². The molecule has 266 valence electrons. The molecule has 0 spiro atoms. The van der Waals surface area contributed by atoms with Gasteiger partial charge in [0.1, 0.15) is 22.2 Å². The van der Waals surface area contributed by atoms with Crippen LogP contribution in [0.15, 0.2) is 180 Å². The summed E-state index contributed by atoms with van der Waals surface area (Å²) in [4.78, 5) is 25.8. The highest BCUT2D eigenvalue weighted by atomic mass is 16.3. The second-order valence-electron chi connectivity index (χ2n) is 14.1. The van der Waals surface area contributed by atoms with Crippen LogP contribution >= 0.6 is 0 Å². The molecule has 5 heterocycles. The van der Waals surface area contributed by atoms with Crippen LogP contribution in [0.5, 0.6) is 0 Å². The average molecular weight is 732 g/mol. The maximum absolute atomic E-state index is 6.69. The lowest BCUT2D eigenvalue weighted by Gasteiger charge is -2.09. The van der Waals surface area contributed by atoms with E-state index in [0.717, 1.165) is 88.6 Å². The number of benzene rings is 7. The first kappa shape index (κ1) is 31.4. The van der Waals surface area contributed by atoms with E-state index in [1.807, 2.05) is 84.9 Å². The number of fused-ring (bicyclic) bond motifs is 9. The third-order valence-corrected chi connectivity index (χ3v) is 10.8. The fourth-order valence-electron chi connectivity index (χ4n) is 8.19. The minimum atomic E-state index is 0.545.